The Hall–Kier alpha value is -2.29. The van der Waals surface area contributed by atoms with Crippen LogP contribution in [-0.2, 0) is 13.2 Å². The maximum Gasteiger partial charge on any atom is 0.221 e. The molecule has 0 amide bonds. The van der Waals surface area contributed by atoms with Crippen molar-refractivity contribution in [3.63, 3.8) is 0 Å². The first-order chi connectivity index (χ1) is 12.5. The molecule has 0 aliphatic heterocycles. The lowest BCUT2D eigenvalue weighted by molar-refractivity contribution is 0.239. The lowest BCUT2D eigenvalue weighted by atomic mass is 10.2. The van der Waals surface area contributed by atoms with Crippen molar-refractivity contribution in [1.82, 2.24) is 24.7 Å². The average molecular weight is 394 g/mol. The van der Waals surface area contributed by atoms with Gasteiger partial charge >= 0.3 is 0 Å². The number of rotatable bonds is 6. The van der Waals surface area contributed by atoms with Crippen LogP contribution in [0, 0.1) is 10.6 Å². The molecule has 3 aromatic rings. The number of hydrogen-bond donors (Lipinski definition) is 0. The first-order valence-corrected chi connectivity index (χ1v) is 8.57. The van der Waals surface area contributed by atoms with Crippen LogP contribution in [0.1, 0.15) is 5.56 Å². The molecular formula is C17H17ClFN5OS. The van der Waals surface area contributed by atoms with E-state index in [2.05, 4.69) is 10.4 Å². The Morgan fingerprint density at radius 1 is 1.19 bits per heavy atom. The summed E-state index contributed by atoms with van der Waals surface area (Å²) in [6, 6.07) is 12.0. The fourth-order valence-corrected chi connectivity index (χ4v) is 2.94. The van der Waals surface area contributed by atoms with E-state index in [9.17, 15) is 4.39 Å². The summed E-state index contributed by atoms with van der Waals surface area (Å²) in [6.07, 6.45) is 0. The minimum Gasteiger partial charge on any atom is -0.497 e. The zero-order valence-corrected chi connectivity index (χ0v) is 15.8. The molecule has 0 N–H and O–H groups in total. The molecule has 0 saturated heterocycles. The van der Waals surface area contributed by atoms with Crippen molar-refractivity contribution in [3.8, 4) is 11.4 Å². The molecule has 0 bridgehead atoms. The lowest BCUT2D eigenvalue weighted by Crippen LogP contribution is -2.23. The number of hydrogen-bond acceptors (Lipinski definition) is 5. The third-order valence-corrected chi connectivity index (χ3v) is 4.56. The maximum absolute atomic E-state index is 13.9. The van der Waals surface area contributed by atoms with E-state index in [1.165, 1.54) is 6.07 Å². The Balaban J connectivity index is 1.76. The second-order valence-corrected chi connectivity index (χ2v) is 6.50. The SMILES string of the molecule is COc1ccc(-n2nnn(CN(C)Cc3c(F)cccc3Cl)c2=S)cc1. The van der Waals surface area contributed by atoms with Crippen molar-refractivity contribution in [2.45, 2.75) is 13.2 Å². The van der Waals surface area contributed by atoms with Gasteiger partial charge in [0.05, 0.1) is 19.5 Å². The zero-order valence-electron chi connectivity index (χ0n) is 14.3. The molecule has 0 aliphatic rings. The summed E-state index contributed by atoms with van der Waals surface area (Å²) >= 11 is 11.5. The number of benzene rings is 2. The van der Waals surface area contributed by atoms with Crippen LogP contribution in [-0.4, -0.2) is 38.8 Å². The minimum absolute atomic E-state index is 0.322. The summed E-state index contributed by atoms with van der Waals surface area (Å²) < 4.78 is 22.6. The van der Waals surface area contributed by atoms with Crippen LogP contribution in [0.5, 0.6) is 5.75 Å². The Labute approximate surface area is 160 Å². The number of tetrazole rings is 1. The Morgan fingerprint density at radius 3 is 2.58 bits per heavy atom. The molecule has 0 saturated carbocycles. The molecule has 26 heavy (non-hydrogen) atoms. The Kier molecular flexibility index (Phi) is 5.65. The van der Waals surface area contributed by atoms with Gasteiger partial charge in [-0.2, -0.15) is 4.68 Å². The van der Waals surface area contributed by atoms with E-state index in [4.69, 9.17) is 28.6 Å². The summed E-state index contributed by atoms with van der Waals surface area (Å²) in [7, 11) is 3.44. The topological polar surface area (TPSA) is 48.1 Å². The van der Waals surface area contributed by atoms with Gasteiger partial charge in [0.2, 0.25) is 4.77 Å². The van der Waals surface area contributed by atoms with Crippen LogP contribution in [0.25, 0.3) is 5.69 Å². The summed E-state index contributed by atoms with van der Waals surface area (Å²) in [6.45, 7) is 0.669. The van der Waals surface area contributed by atoms with Crippen LogP contribution < -0.4 is 4.74 Å². The van der Waals surface area contributed by atoms with E-state index in [1.807, 2.05) is 36.2 Å². The van der Waals surface area contributed by atoms with Crippen molar-refractivity contribution in [2.75, 3.05) is 14.2 Å². The van der Waals surface area contributed by atoms with Crippen molar-refractivity contribution >= 4 is 23.8 Å². The van der Waals surface area contributed by atoms with Crippen molar-refractivity contribution < 1.29 is 9.13 Å². The summed E-state index contributed by atoms with van der Waals surface area (Å²) in [5.74, 6) is 0.406. The third kappa shape index (κ3) is 3.92. The van der Waals surface area contributed by atoms with Gasteiger partial charge < -0.3 is 4.74 Å². The van der Waals surface area contributed by atoms with Crippen LogP contribution in [0.2, 0.25) is 5.02 Å². The Bertz CT molecular complexity index is 936. The van der Waals surface area contributed by atoms with Crippen LogP contribution in [0.15, 0.2) is 42.5 Å². The fourth-order valence-electron chi connectivity index (χ4n) is 2.48. The minimum atomic E-state index is -0.338. The molecule has 9 heteroatoms. The lowest BCUT2D eigenvalue weighted by Gasteiger charge is -2.17. The highest BCUT2D eigenvalue weighted by atomic mass is 35.5. The van der Waals surface area contributed by atoms with Crippen molar-refractivity contribution in [3.05, 3.63) is 63.6 Å². The van der Waals surface area contributed by atoms with Gasteiger partial charge in [-0.3, -0.25) is 4.90 Å². The number of aromatic nitrogens is 4. The quantitative estimate of drug-likeness (QED) is 0.598. The van der Waals surface area contributed by atoms with Crippen molar-refractivity contribution in [2.24, 2.45) is 0 Å². The fraction of sp³-hybridized carbons (Fsp3) is 0.235. The third-order valence-electron chi connectivity index (χ3n) is 3.82. The smallest absolute Gasteiger partial charge is 0.221 e. The van der Waals surface area contributed by atoms with Crippen molar-refractivity contribution in [1.29, 1.82) is 0 Å². The maximum atomic E-state index is 13.9. The Morgan fingerprint density at radius 2 is 1.92 bits per heavy atom. The molecule has 0 radical (unpaired) electrons. The zero-order chi connectivity index (χ0) is 18.7. The monoisotopic (exact) mass is 393 g/mol. The largest absolute Gasteiger partial charge is 0.497 e. The number of ether oxygens (including phenoxy) is 1. The molecule has 0 spiro atoms. The summed E-state index contributed by atoms with van der Waals surface area (Å²) in [5, 5.41) is 8.57. The van der Waals surface area contributed by atoms with Gasteiger partial charge in [0, 0.05) is 17.1 Å². The predicted octanol–water partition coefficient (Wildman–Crippen LogP) is 3.69. The average Bonchev–Trinajstić information content (AvgIpc) is 2.99. The second kappa shape index (κ2) is 7.94. The normalized spacial score (nSPS) is 11.1. The van der Waals surface area contributed by atoms with Gasteiger partial charge in [0.1, 0.15) is 11.6 Å². The number of nitrogens with zero attached hydrogens (tertiary/aromatic N) is 5. The van der Waals surface area contributed by atoms with Crippen LogP contribution in [0.3, 0.4) is 0 Å². The highest BCUT2D eigenvalue weighted by molar-refractivity contribution is 7.71. The second-order valence-electron chi connectivity index (χ2n) is 5.73. The number of methoxy groups -OCH3 is 1. The molecular weight excluding hydrogens is 377 g/mol. The molecule has 1 heterocycles. The highest BCUT2D eigenvalue weighted by Crippen LogP contribution is 2.20. The molecule has 3 rings (SSSR count). The van der Waals surface area contributed by atoms with Crippen LogP contribution in [0.4, 0.5) is 4.39 Å². The van der Waals surface area contributed by atoms with E-state index < -0.39 is 0 Å². The van der Waals surface area contributed by atoms with Gasteiger partial charge in [-0.05, 0) is 66.1 Å². The summed E-state index contributed by atoms with van der Waals surface area (Å²) in [5.41, 5.74) is 1.22. The molecule has 0 atom stereocenters. The molecule has 2 aromatic carbocycles. The van der Waals surface area contributed by atoms with E-state index >= 15 is 0 Å². The van der Waals surface area contributed by atoms with E-state index in [0.717, 1.165) is 11.4 Å². The van der Waals surface area contributed by atoms with Gasteiger partial charge in [-0.15, -0.1) is 0 Å². The predicted molar refractivity (Wildman–Crippen MR) is 99.6 cm³/mol. The first-order valence-electron chi connectivity index (χ1n) is 7.78. The highest BCUT2D eigenvalue weighted by Gasteiger charge is 2.12. The molecule has 0 aliphatic carbocycles. The molecule has 136 valence electrons. The van der Waals surface area contributed by atoms with E-state index in [0.29, 0.717) is 28.6 Å². The summed E-state index contributed by atoms with van der Waals surface area (Å²) in [4.78, 5) is 1.85. The molecule has 0 unspecified atom stereocenters. The molecule has 1 aromatic heterocycles. The van der Waals surface area contributed by atoms with E-state index in [-0.39, 0.29) is 5.82 Å². The number of halogens is 2. The van der Waals surface area contributed by atoms with E-state index in [1.54, 1.807) is 28.6 Å². The van der Waals surface area contributed by atoms with Gasteiger partial charge in [-0.25, -0.2) is 9.07 Å². The molecule has 0 fully saturated rings. The standard InChI is InChI=1S/C17H17ClFN5OS/c1-22(10-14-15(18)4-3-5-16(14)19)11-23-17(26)24(21-20-23)12-6-8-13(25-2)9-7-12/h3-9H,10-11H2,1-2H3. The first kappa shape index (κ1) is 18.5. The van der Waals surface area contributed by atoms with Gasteiger partial charge in [0.25, 0.3) is 0 Å². The van der Waals surface area contributed by atoms with Gasteiger partial charge in [0.15, 0.2) is 0 Å². The van der Waals surface area contributed by atoms with Crippen LogP contribution >= 0.6 is 23.8 Å². The molecule has 6 nitrogen and oxygen atoms in total. The van der Waals surface area contributed by atoms with Gasteiger partial charge in [-0.1, -0.05) is 17.7 Å².